The van der Waals surface area contributed by atoms with E-state index in [-0.39, 0.29) is 12.0 Å². The minimum Gasteiger partial charge on any atom is -0.341 e. The highest BCUT2D eigenvalue weighted by molar-refractivity contribution is 5.79. The van der Waals surface area contributed by atoms with E-state index in [1.165, 1.54) is 0 Å². The summed E-state index contributed by atoms with van der Waals surface area (Å²) in [5.41, 5.74) is 5.96. The number of hydrogen-bond donors (Lipinski definition) is 1. The molecule has 3 nitrogen and oxygen atoms in total. The van der Waals surface area contributed by atoms with Gasteiger partial charge in [0.05, 0.1) is 0 Å². The minimum atomic E-state index is 0.174. The number of carbonyl (C=O) groups is 1. The molecule has 0 saturated carbocycles. The zero-order valence-corrected chi connectivity index (χ0v) is 10.9. The van der Waals surface area contributed by atoms with E-state index in [0.29, 0.717) is 11.8 Å². The molecular formula is C13H26N2O. The predicted octanol–water partition coefficient (Wildman–Crippen LogP) is 2.01. The van der Waals surface area contributed by atoms with Gasteiger partial charge in [0.2, 0.25) is 5.91 Å². The van der Waals surface area contributed by atoms with Gasteiger partial charge in [-0.15, -0.1) is 0 Å². The maximum absolute atomic E-state index is 12.3. The zero-order chi connectivity index (χ0) is 12.1. The molecule has 2 unspecified atom stereocenters. The molecular weight excluding hydrogens is 200 g/mol. The van der Waals surface area contributed by atoms with Gasteiger partial charge in [-0.3, -0.25) is 4.79 Å². The summed E-state index contributed by atoms with van der Waals surface area (Å²) in [7, 11) is 0. The van der Waals surface area contributed by atoms with Crippen LogP contribution in [-0.4, -0.2) is 29.9 Å². The molecule has 1 fully saturated rings. The molecule has 0 spiro atoms. The van der Waals surface area contributed by atoms with Crippen LogP contribution < -0.4 is 5.73 Å². The van der Waals surface area contributed by atoms with Crippen molar-refractivity contribution in [1.29, 1.82) is 0 Å². The highest BCUT2D eigenvalue weighted by Crippen LogP contribution is 2.22. The third kappa shape index (κ3) is 3.21. The maximum atomic E-state index is 12.3. The molecule has 1 aliphatic rings. The predicted molar refractivity (Wildman–Crippen MR) is 67.0 cm³/mol. The van der Waals surface area contributed by atoms with E-state index in [1.54, 1.807) is 0 Å². The van der Waals surface area contributed by atoms with Crippen molar-refractivity contribution >= 4 is 5.91 Å². The summed E-state index contributed by atoms with van der Waals surface area (Å²) >= 11 is 0. The van der Waals surface area contributed by atoms with Crippen molar-refractivity contribution in [3.63, 3.8) is 0 Å². The summed E-state index contributed by atoms with van der Waals surface area (Å²) < 4.78 is 0. The Morgan fingerprint density at radius 2 is 1.88 bits per heavy atom. The lowest BCUT2D eigenvalue weighted by molar-refractivity contribution is -0.135. The average Bonchev–Trinajstić information content (AvgIpc) is 2.58. The van der Waals surface area contributed by atoms with E-state index in [4.69, 9.17) is 5.73 Å². The molecule has 1 saturated heterocycles. The molecule has 0 radical (unpaired) electrons. The van der Waals surface area contributed by atoms with E-state index >= 15 is 0 Å². The van der Waals surface area contributed by atoms with E-state index in [1.807, 2.05) is 4.90 Å². The third-order valence-electron chi connectivity index (χ3n) is 3.61. The van der Waals surface area contributed by atoms with Gasteiger partial charge in [0.15, 0.2) is 0 Å². The molecule has 1 rings (SSSR count). The highest BCUT2D eigenvalue weighted by atomic mass is 16.2. The molecule has 1 amide bonds. The summed E-state index contributed by atoms with van der Waals surface area (Å²) in [6, 6.07) is 0.174. The number of nitrogens with zero attached hydrogens (tertiary/aromatic N) is 1. The fraction of sp³-hybridized carbons (Fsp3) is 0.923. The summed E-state index contributed by atoms with van der Waals surface area (Å²) in [6.07, 6.45) is 4.22. The first-order valence-electron chi connectivity index (χ1n) is 6.64. The van der Waals surface area contributed by atoms with Gasteiger partial charge < -0.3 is 10.6 Å². The van der Waals surface area contributed by atoms with Gasteiger partial charge in [-0.2, -0.15) is 0 Å². The Kier molecular flexibility index (Phi) is 5.26. The first-order valence-corrected chi connectivity index (χ1v) is 6.64. The molecule has 94 valence electrons. The van der Waals surface area contributed by atoms with Crippen LogP contribution in [0.3, 0.4) is 0 Å². The molecule has 16 heavy (non-hydrogen) atoms. The fourth-order valence-corrected chi connectivity index (χ4v) is 2.52. The summed E-state index contributed by atoms with van der Waals surface area (Å²) in [5, 5.41) is 0. The minimum absolute atomic E-state index is 0.174. The van der Waals surface area contributed by atoms with Gasteiger partial charge in [0, 0.05) is 25.0 Å². The van der Waals surface area contributed by atoms with Gasteiger partial charge in [-0.1, -0.05) is 33.6 Å². The van der Waals surface area contributed by atoms with Crippen molar-refractivity contribution in [2.24, 2.45) is 17.6 Å². The SMILES string of the molecule is CCCC(CCC)C(=O)N1CC(C)C(N)C1. The molecule has 3 heteroatoms. The molecule has 1 heterocycles. The van der Waals surface area contributed by atoms with Gasteiger partial charge >= 0.3 is 0 Å². The van der Waals surface area contributed by atoms with Crippen LogP contribution in [0.1, 0.15) is 46.5 Å². The number of rotatable bonds is 5. The van der Waals surface area contributed by atoms with Crippen LogP contribution in [0.5, 0.6) is 0 Å². The number of likely N-dealkylation sites (tertiary alicyclic amines) is 1. The number of amides is 1. The molecule has 2 atom stereocenters. The largest absolute Gasteiger partial charge is 0.341 e. The first kappa shape index (κ1) is 13.5. The van der Waals surface area contributed by atoms with Crippen LogP contribution in [0.4, 0.5) is 0 Å². The second-order valence-corrected chi connectivity index (χ2v) is 5.16. The summed E-state index contributed by atoms with van der Waals surface area (Å²) in [5.74, 6) is 1.02. The van der Waals surface area contributed by atoms with Crippen LogP contribution >= 0.6 is 0 Å². The Morgan fingerprint density at radius 1 is 1.31 bits per heavy atom. The van der Waals surface area contributed by atoms with Crippen LogP contribution in [0.15, 0.2) is 0 Å². The molecule has 0 bridgehead atoms. The lowest BCUT2D eigenvalue weighted by Crippen LogP contribution is -2.36. The smallest absolute Gasteiger partial charge is 0.225 e. The lowest BCUT2D eigenvalue weighted by atomic mass is 9.97. The van der Waals surface area contributed by atoms with Crippen molar-refractivity contribution in [1.82, 2.24) is 4.90 Å². The van der Waals surface area contributed by atoms with Gasteiger partial charge in [0.25, 0.3) is 0 Å². The Hall–Kier alpha value is -0.570. The lowest BCUT2D eigenvalue weighted by Gasteiger charge is -2.22. The van der Waals surface area contributed by atoms with Crippen molar-refractivity contribution in [2.45, 2.75) is 52.5 Å². The fourth-order valence-electron chi connectivity index (χ4n) is 2.52. The Labute approximate surface area is 99.4 Å². The monoisotopic (exact) mass is 226 g/mol. The van der Waals surface area contributed by atoms with Crippen molar-refractivity contribution in [2.75, 3.05) is 13.1 Å². The highest BCUT2D eigenvalue weighted by Gasteiger charge is 2.32. The Morgan fingerprint density at radius 3 is 2.25 bits per heavy atom. The quantitative estimate of drug-likeness (QED) is 0.779. The van der Waals surface area contributed by atoms with Crippen LogP contribution in [0.2, 0.25) is 0 Å². The van der Waals surface area contributed by atoms with Crippen LogP contribution in [0.25, 0.3) is 0 Å². The Bertz CT molecular complexity index is 210. The first-order chi connectivity index (χ1) is 7.60. The number of carbonyl (C=O) groups excluding carboxylic acids is 1. The third-order valence-corrected chi connectivity index (χ3v) is 3.61. The molecule has 0 aromatic heterocycles. The average molecular weight is 226 g/mol. The standard InChI is InChI=1S/C13H26N2O/c1-4-6-11(7-5-2)13(16)15-8-10(3)12(14)9-15/h10-12H,4-9,14H2,1-3H3. The van der Waals surface area contributed by atoms with Gasteiger partial charge in [-0.05, 0) is 18.8 Å². The van der Waals surface area contributed by atoms with E-state index in [9.17, 15) is 4.79 Å². The summed E-state index contributed by atoms with van der Waals surface area (Å²) in [6.45, 7) is 8.03. The molecule has 2 N–H and O–H groups in total. The van der Waals surface area contributed by atoms with Crippen LogP contribution in [-0.2, 0) is 4.79 Å². The zero-order valence-electron chi connectivity index (χ0n) is 10.9. The molecule has 0 aromatic carbocycles. The number of nitrogens with two attached hydrogens (primary N) is 1. The Balaban J connectivity index is 2.54. The molecule has 0 aliphatic carbocycles. The van der Waals surface area contributed by atoms with Gasteiger partial charge in [-0.25, -0.2) is 0 Å². The van der Waals surface area contributed by atoms with E-state index in [0.717, 1.165) is 38.8 Å². The van der Waals surface area contributed by atoms with E-state index < -0.39 is 0 Å². The van der Waals surface area contributed by atoms with Gasteiger partial charge in [0.1, 0.15) is 0 Å². The van der Waals surface area contributed by atoms with Crippen LogP contribution in [0, 0.1) is 11.8 Å². The number of hydrogen-bond acceptors (Lipinski definition) is 2. The van der Waals surface area contributed by atoms with Crippen molar-refractivity contribution < 1.29 is 4.79 Å². The topological polar surface area (TPSA) is 46.3 Å². The second kappa shape index (κ2) is 6.24. The summed E-state index contributed by atoms with van der Waals surface area (Å²) in [4.78, 5) is 14.3. The van der Waals surface area contributed by atoms with Crippen molar-refractivity contribution in [3.05, 3.63) is 0 Å². The maximum Gasteiger partial charge on any atom is 0.225 e. The van der Waals surface area contributed by atoms with Crippen molar-refractivity contribution in [3.8, 4) is 0 Å². The normalized spacial score (nSPS) is 25.4. The second-order valence-electron chi connectivity index (χ2n) is 5.16. The molecule has 1 aliphatic heterocycles. The van der Waals surface area contributed by atoms with E-state index in [2.05, 4.69) is 20.8 Å². The molecule has 0 aromatic rings.